The van der Waals surface area contributed by atoms with Crippen LogP contribution in [0.15, 0.2) is 0 Å². The van der Waals surface area contributed by atoms with Gasteiger partial charge in [-0.05, 0) is 25.1 Å². The molecule has 0 aromatic rings. The van der Waals surface area contributed by atoms with E-state index in [-0.39, 0.29) is 5.41 Å². The van der Waals surface area contributed by atoms with Crippen LogP contribution in [0.3, 0.4) is 0 Å². The van der Waals surface area contributed by atoms with Crippen LogP contribution in [0, 0.1) is 5.41 Å². The Bertz CT molecular complexity index is 169. The summed E-state index contributed by atoms with van der Waals surface area (Å²) in [4.78, 5) is 0. The van der Waals surface area contributed by atoms with E-state index in [1.54, 1.807) is 0 Å². The van der Waals surface area contributed by atoms with Gasteiger partial charge in [0.25, 0.3) is 0 Å². The summed E-state index contributed by atoms with van der Waals surface area (Å²) in [5.41, 5.74) is 0.147. The van der Waals surface area contributed by atoms with Crippen LogP contribution in [0.25, 0.3) is 0 Å². The van der Waals surface area contributed by atoms with Crippen molar-refractivity contribution in [3.05, 3.63) is 0 Å². The van der Waals surface area contributed by atoms with Crippen LogP contribution in [0.2, 0.25) is 18.1 Å². The summed E-state index contributed by atoms with van der Waals surface area (Å²) in [6, 6.07) is 3.68. The van der Waals surface area contributed by atoms with Gasteiger partial charge in [0.05, 0.1) is 6.61 Å². The van der Waals surface area contributed by atoms with E-state index in [2.05, 4.69) is 34.6 Å². The molecule has 0 atom stereocenters. The first-order chi connectivity index (χ1) is 7.45. The lowest BCUT2D eigenvalue weighted by Crippen LogP contribution is -2.40. The quantitative estimate of drug-likeness (QED) is 0.571. The monoisotopic (exact) mass is 246 g/mol. The van der Waals surface area contributed by atoms with E-state index in [1.165, 1.54) is 18.1 Å². The third-order valence-electron chi connectivity index (χ3n) is 3.40. The molecule has 0 spiro atoms. The standard InChI is InChI=1S/C13H30O2Si/c1-7-14-11-13(5,6)12-15-16(8-2,9-3)10-4/h7-12H2,1-6H3. The second kappa shape index (κ2) is 7.46. The molecule has 0 amide bonds. The van der Waals surface area contributed by atoms with Crippen molar-refractivity contribution in [1.82, 2.24) is 0 Å². The van der Waals surface area contributed by atoms with Crippen molar-refractivity contribution in [2.45, 2.75) is 59.7 Å². The van der Waals surface area contributed by atoms with Gasteiger partial charge in [-0.3, -0.25) is 0 Å². The third kappa shape index (κ3) is 5.46. The fourth-order valence-electron chi connectivity index (χ4n) is 1.82. The predicted octanol–water partition coefficient (Wildman–Crippen LogP) is 4.07. The van der Waals surface area contributed by atoms with Gasteiger partial charge in [-0.2, -0.15) is 0 Å². The molecule has 2 nitrogen and oxygen atoms in total. The van der Waals surface area contributed by atoms with Crippen LogP contribution >= 0.6 is 0 Å². The summed E-state index contributed by atoms with van der Waals surface area (Å²) in [5.74, 6) is 0. The highest BCUT2D eigenvalue weighted by Gasteiger charge is 2.31. The van der Waals surface area contributed by atoms with Crippen LogP contribution in [0.4, 0.5) is 0 Å². The molecule has 0 radical (unpaired) electrons. The molecule has 0 aliphatic carbocycles. The van der Waals surface area contributed by atoms with Crippen molar-refractivity contribution in [1.29, 1.82) is 0 Å². The summed E-state index contributed by atoms with van der Waals surface area (Å²) in [7, 11) is -1.42. The Labute approximate surface area is 103 Å². The fraction of sp³-hybridized carbons (Fsp3) is 1.00. The van der Waals surface area contributed by atoms with Crippen LogP contribution in [0.1, 0.15) is 41.5 Å². The Balaban J connectivity index is 4.18. The molecule has 0 rings (SSSR count). The Morgan fingerprint density at radius 2 is 1.38 bits per heavy atom. The van der Waals surface area contributed by atoms with Gasteiger partial charge in [0.1, 0.15) is 0 Å². The number of ether oxygens (including phenoxy) is 1. The van der Waals surface area contributed by atoms with Gasteiger partial charge in [-0.1, -0.05) is 34.6 Å². The Kier molecular flexibility index (Phi) is 7.52. The van der Waals surface area contributed by atoms with E-state index in [4.69, 9.17) is 9.16 Å². The minimum Gasteiger partial charge on any atom is -0.416 e. The Morgan fingerprint density at radius 1 is 0.875 bits per heavy atom. The van der Waals surface area contributed by atoms with Crippen molar-refractivity contribution < 1.29 is 9.16 Å². The van der Waals surface area contributed by atoms with Crippen molar-refractivity contribution in [3.63, 3.8) is 0 Å². The molecule has 0 saturated heterocycles. The third-order valence-corrected chi connectivity index (χ3v) is 8.02. The molecule has 0 fully saturated rings. The smallest absolute Gasteiger partial charge is 0.192 e. The molecule has 0 N–H and O–H groups in total. The highest BCUT2D eigenvalue weighted by Crippen LogP contribution is 2.25. The van der Waals surface area contributed by atoms with Crippen LogP contribution < -0.4 is 0 Å². The molecule has 98 valence electrons. The first kappa shape index (κ1) is 16.1. The molecule has 0 saturated carbocycles. The van der Waals surface area contributed by atoms with E-state index < -0.39 is 8.32 Å². The number of hydrogen-bond donors (Lipinski definition) is 0. The summed E-state index contributed by atoms with van der Waals surface area (Å²) in [6.07, 6.45) is 0. The largest absolute Gasteiger partial charge is 0.416 e. The molecular formula is C13H30O2Si. The molecule has 0 heterocycles. The lowest BCUT2D eigenvalue weighted by atomic mass is 9.97. The Morgan fingerprint density at radius 3 is 1.75 bits per heavy atom. The van der Waals surface area contributed by atoms with Gasteiger partial charge in [0.15, 0.2) is 8.32 Å². The molecular weight excluding hydrogens is 216 g/mol. The molecule has 0 aromatic heterocycles. The lowest BCUT2D eigenvalue weighted by molar-refractivity contribution is 0.0378. The van der Waals surface area contributed by atoms with Crippen molar-refractivity contribution >= 4 is 8.32 Å². The van der Waals surface area contributed by atoms with E-state index in [0.29, 0.717) is 0 Å². The average Bonchev–Trinajstić information content (AvgIpc) is 2.29. The zero-order chi connectivity index (χ0) is 12.7. The summed E-state index contributed by atoms with van der Waals surface area (Å²) < 4.78 is 11.8. The highest BCUT2D eigenvalue weighted by atomic mass is 28.4. The van der Waals surface area contributed by atoms with Gasteiger partial charge in [0, 0.05) is 18.6 Å². The van der Waals surface area contributed by atoms with Crippen molar-refractivity contribution in [2.24, 2.45) is 5.41 Å². The second-order valence-electron chi connectivity index (χ2n) is 5.33. The molecule has 3 heteroatoms. The van der Waals surface area contributed by atoms with Gasteiger partial charge < -0.3 is 9.16 Å². The van der Waals surface area contributed by atoms with Gasteiger partial charge in [0.2, 0.25) is 0 Å². The molecule has 0 bridgehead atoms. The number of hydrogen-bond acceptors (Lipinski definition) is 2. The molecule has 0 aliphatic rings. The average molecular weight is 246 g/mol. The van der Waals surface area contributed by atoms with Crippen molar-refractivity contribution in [3.8, 4) is 0 Å². The Hall–Kier alpha value is 0.137. The summed E-state index contributed by atoms with van der Waals surface area (Å²) >= 11 is 0. The predicted molar refractivity (Wildman–Crippen MR) is 73.4 cm³/mol. The van der Waals surface area contributed by atoms with Gasteiger partial charge >= 0.3 is 0 Å². The normalized spacial score (nSPS) is 13.1. The van der Waals surface area contributed by atoms with E-state index in [1.807, 2.05) is 6.92 Å². The first-order valence-corrected chi connectivity index (χ1v) is 9.20. The van der Waals surface area contributed by atoms with Crippen LogP contribution in [0.5, 0.6) is 0 Å². The zero-order valence-corrected chi connectivity index (χ0v) is 13.1. The number of rotatable bonds is 9. The highest BCUT2D eigenvalue weighted by molar-refractivity contribution is 6.73. The second-order valence-corrected chi connectivity index (χ2v) is 10.1. The van der Waals surface area contributed by atoms with Gasteiger partial charge in [-0.25, -0.2) is 0 Å². The van der Waals surface area contributed by atoms with Crippen LogP contribution in [-0.2, 0) is 9.16 Å². The van der Waals surface area contributed by atoms with Gasteiger partial charge in [-0.15, -0.1) is 0 Å². The zero-order valence-electron chi connectivity index (χ0n) is 12.1. The summed E-state index contributed by atoms with van der Waals surface area (Å²) in [5, 5.41) is 0. The fourth-order valence-corrected chi connectivity index (χ4v) is 4.63. The molecule has 16 heavy (non-hydrogen) atoms. The minimum atomic E-state index is -1.42. The van der Waals surface area contributed by atoms with E-state index in [0.717, 1.165) is 19.8 Å². The van der Waals surface area contributed by atoms with Crippen molar-refractivity contribution in [2.75, 3.05) is 19.8 Å². The lowest BCUT2D eigenvalue weighted by Gasteiger charge is -2.33. The van der Waals surface area contributed by atoms with E-state index >= 15 is 0 Å². The first-order valence-electron chi connectivity index (χ1n) is 6.67. The maximum absolute atomic E-state index is 6.30. The molecule has 0 aliphatic heterocycles. The molecule has 0 unspecified atom stereocenters. The maximum Gasteiger partial charge on any atom is 0.192 e. The maximum atomic E-state index is 6.30. The molecule has 0 aromatic carbocycles. The summed E-state index contributed by atoms with van der Waals surface area (Å²) in [6.45, 7) is 15.7. The SMILES string of the molecule is CCOCC(C)(C)CO[Si](CC)(CC)CC. The van der Waals surface area contributed by atoms with E-state index in [9.17, 15) is 0 Å². The topological polar surface area (TPSA) is 18.5 Å². The van der Waals surface area contributed by atoms with Crippen LogP contribution in [-0.4, -0.2) is 28.1 Å². The minimum absolute atomic E-state index is 0.147.